The van der Waals surface area contributed by atoms with E-state index in [0.29, 0.717) is 6.04 Å². The SMILES string of the molecule is COc1ccc2[nH]c(=O)c(CN3C[C@H]4CC[C@@H]3CN(C)C4)cc2c1. The summed E-state index contributed by atoms with van der Waals surface area (Å²) in [6, 6.07) is 8.36. The van der Waals surface area contributed by atoms with E-state index in [1.807, 2.05) is 24.3 Å². The van der Waals surface area contributed by atoms with Gasteiger partial charge in [-0.25, -0.2) is 0 Å². The first-order chi connectivity index (χ1) is 11.6. The Morgan fingerprint density at radius 3 is 2.92 bits per heavy atom. The molecule has 4 heterocycles. The zero-order valence-electron chi connectivity index (χ0n) is 14.4. The van der Waals surface area contributed by atoms with Crippen molar-refractivity contribution < 1.29 is 4.74 Å². The first-order valence-corrected chi connectivity index (χ1v) is 8.75. The van der Waals surface area contributed by atoms with Crippen molar-refractivity contribution in [2.24, 2.45) is 5.92 Å². The van der Waals surface area contributed by atoms with E-state index in [1.54, 1.807) is 7.11 Å². The number of benzene rings is 1. The molecular formula is C19H25N3O2. The molecule has 0 radical (unpaired) electrons. The molecule has 0 aliphatic carbocycles. The molecule has 3 aliphatic rings. The first kappa shape index (κ1) is 15.7. The summed E-state index contributed by atoms with van der Waals surface area (Å²) >= 11 is 0. The number of rotatable bonds is 3. The zero-order valence-corrected chi connectivity index (χ0v) is 14.4. The highest BCUT2D eigenvalue weighted by Gasteiger charge is 2.33. The molecule has 3 aliphatic heterocycles. The Balaban J connectivity index is 1.64. The molecule has 5 nitrogen and oxygen atoms in total. The summed E-state index contributed by atoms with van der Waals surface area (Å²) in [7, 11) is 3.88. The molecule has 1 aromatic heterocycles. The lowest BCUT2D eigenvalue weighted by Gasteiger charge is -2.36. The third kappa shape index (κ3) is 2.94. The van der Waals surface area contributed by atoms with Gasteiger partial charge in [-0.2, -0.15) is 0 Å². The summed E-state index contributed by atoms with van der Waals surface area (Å²) in [5.74, 6) is 1.55. The second-order valence-electron chi connectivity index (χ2n) is 7.32. The van der Waals surface area contributed by atoms with Gasteiger partial charge in [0.05, 0.1) is 7.11 Å². The van der Waals surface area contributed by atoms with Gasteiger partial charge in [0.25, 0.3) is 5.56 Å². The zero-order chi connectivity index (χ0) is 16.7. The molecule has 2 bridgehead atoms. The van der Waals surface area contributed by atoms with E-state index in [9.17, 15) is 4.79 Å². The Morgan fingerprint density at radius 2 is 2.08 bits per heavy atom. The van der Waals surface area contributed by atoms with E-state index in [4.69, 9.17) is 4.74 Å². The minimum absolute atomic E-state index is 0.0288. The Bertz CT molecular complexity index is 801. The number of nitrogens with one attached hydrogen (secondary N) is 1. The van der Waals surface area contributed by atoms with Crippen LogP contribution in [0.1, 0.15) is 18.4 Å². The number of aromatic nitrogens is 1. The van der Waals surface area contributed by atoms with Gasteiger partial charge in [0.2, 0.25) is 0 Å². The maximum absolute atomic E-state index is 12.5. The van der Waals surface area contributed by atoms with E-state index in [-0.39, 0.29) is 5.56 Å². The third-order valence-corrected chi connectivity index (χ3v) is 5.51. The second kappa shape index (κ2) is 6.22. The summed E-state index contributed by atoms with van der Waals surface area (Å²) in [5.41, 5.74) is 1.74. The summed E-state index contributed by atoms with van der Waals surface area (Å²) < 4.78 is 5.30. The minimum atomic E-state index is 0.0288. The van der Waals surface area contributed by atoms with Crippen LogP contribution in [0, 0.1) is 5.92 Å². The largest absolute Gasteiger partial charge is 0.497 e. The average molecular weight is 327 g/mol. The predicted molar refractivity (Wildman–Crippen MR) is 95.5 cm³/mol. The molecule has 1 aromatic carbocycles. The van der Waals surface area contributed by atoms with Gasteiger partial charge >= 0.3 is 0 Å². The quantitative estimate of drug-likeness (QED) is 0.937. The van der Waals surface area contributed by atoms with Crippen molar-refractivity contribution in [2.75, 3.05) is 33.8 Å². The lowest BCUT2D eigenvalue weighted by atomic mass is 9.94. The van der Waals surface area contributed by atoms with Gasteiger partial charge in [-0.1, -0.05) is 0 Å². The monoisotopic (exact) mass is 327 g/mol. The van der Waals surface area contributed by atoms with Crippen molar-refractivity contribution in [1.29, 1.82) is 0 Å². The molecule has 1 N–H and O–H groups in total. The van der Waals surface area contributed by atoms with Gasteiger partial charge in [0.1, 0.15) is 5.75 Å². The lowest BCUT2D eigenvalue weighted by molar-refractivity contribution is 0.124. The van der Waals surface area contributed by atoms with E-state index in [1.165, 1.54) is 19.4 Å². The molecule has 5 rings (SSSR count). The Kier molecular flexibility index (Phi) is 4.06. The molecule has 0 amide bonds. The fourth-order valence-electron chi connectivity index (χ4n) is 4.30. The highest BCUT2D eigenvalue weighted by atomic mass is 16.5. The number of ether oxygens (including phenoxy) is 1. The van der Waals surface area contributed by atoms with Crippen molar-refractivity contribution in [3.63, 3.8) is 0 Å². The predicted octanol–water partition coefficient (Wildman–Crippen LogP) is 2.06. The average Bonchev–Trinajstić information content (AvgIpc) is 2.84. The van der Waals surface area contributed by atoms with Gasteiger partial charge in [-0.15, -0.1) is 0 Å². The van der Waals surface area contributed by atoms with E-state index < -0.39 is 0 Å². The van der Waals surface area contributed by atoms with Gasteiger partial charge in [0.15, 0.2) is 0 Å². The molecule has 0 spiro atoms. The fourth-order valence-corrected chi connectivity index (χ4v) is 4.30. The van der Waals surface area contributed by atoms with Crippen LogP contribution in [0.4, 0.5) is 0 Å². The van der Waals surface area contributed by atoms with Crippen LogP contribution in [0.5, 0.6) is 5.75 Å². The van der Waals surface area contributed by atoms with Gasteiger partial charge in [-0.3, -0.25) is 9.69 Å². The van der Waals surface area contributed by atoms with Crippen molar-refractivity contribution >= 4 is 10.9 Å². The number of nitrogens with zero attached hydrogens (tertiary/aromatic N) is 2. The second-order valence-corrected chi connectivity index (χ2v) is 7.32. The topological polar surface area (TPSA) is 48.6 Å². The Morgan fingerprint density at radius 1 is 1.21 bits per heavy atom. The molecule has 2 aromatic rings. The molecule has 128 valence electrons. The van der Waals surface area contributed by atoms with Gasteiger partial charge < -0.3 is 14.6 Å². The van der Waals surface area contributed by atoms with Crippen LogP contribution in [-0.2, 0) is 6.54 Å². The Labute approximate surface area is 142 Å². The van der Waals surface area contributed by atoms with Crippen LogP contribution in [0.2, 0.25) is 0 Å². The number of H-pyrrole nitrogens is 1. The molecule has 2 atom stereocenters. The smallest absolute Gasteiger partial charge is 0.252 e. The standard InChI is InChI=1S/C19H25N3O2/c1-21-9-13-3-4-16(12-21)22(10-13)11-15-7-14-8-17(24-2)5-6-18(14)20-19(15)23/h5-8,13,16H,3-4,9-12H2,1-2H3,(H,20,23)/t13-,16+/m0/s1. The third-order valence-electron chi connectivity index (χ3n) is 5.51. The van der Waals surface area contributed by atoms with E-state index >= 15 is 0 Å². The number of pyridine rings is 1. The summed E-state index contributed by atoms with van der Waals surface area (Å²) in [6.45, 7) is 4.12. The van der Waals surface area contributed by atoms with Crippen molar-refractivity contribution in [1.82, 2.24) is 14.8 Å². The number of hydrogen-bond acceptors (Lipinski definition) is 4. The maximum atomic E-state index is 12.5. The summed E-state index contributed by atoms with van der Waals surface area (Å²) in [4.78, 5) is 20.5. The van der Waals surface area contributed by atoms with Crippen LogP contribution in [0.3, 0.4) is 0 Å². The van der Waals surface area contributed by atoms with Crippen LogP contribution in [0.15, 0.2) is 29.1 Å². The van der Waals surface area contributed by atoms with E-state index in [2.05, 4.69) is 21.8 Å². The van der Waals surface area contributed by atoms with Crippen molar-refractivity contribution in [3.8, 4) is 5.75 Å². The van der Waals surface area contributed by atoms with Crippen LogP contribution in [-0.4, -0.2) is 54.6 Å². The molecule has 3 fully saturated rings. The normalized spacial score (nSPS) is 25.1. The number of aromatic amines is 1. The first-order valence-electron chi connectivity index (χ1n) is 8.75. The van der Waals surface area contributed by atoms with Gasteiger partial charge in [-0.05, 0) is 50.1 Å². The molecular weight excluding hydrogens is 302 g/mol. The number of methoxy groups -OCH3 is 1. The van der Waals surface area contributed by atoms with Crippen LogP contribution < -0.4 is 10.3 Å². The van der Waals surface area contributed by atoms with Crippen molar-refractivity contribution in [2.45, 2.75) is 25.4 Å². The Hall–Kier alpha value is -1.85. The van der Waals surface area contributed by atoms with Crippen LogP contribution >= 0.6 is 0 Å². The number of hydrogen-bond donors (Lipinski definition) is 1. The van der Waals surface area contributed by atoms with Crippen molar-refractivity contribution in [3.05, 3.63) is 40.2 Å². The molecule has 0 unspecified atom stereocenters. The highest BCUT2D eigenvalue weighted by Crippen LogP contribution is 2.28. The summed E-state index contributed by atoms with van der Waals surface area (Å²) in [5, 5.41) is 1.03. The molecule has 24 heavy (non-hydrogen) atoms. The molecule has 5 heteroatoms. The summed E-state index contributed by atoms with van der Waals surface area (Å²) in [6.07, 6.45) is 2.56. The van der Waals surface area contributed by atoms with E-state index in [0.717, 1.165) is 47.8 Å². The maximum Gasteiger partial charge on any atom is 0.252 e. The van der Waals surface area contributed by atoms with Gasteiger partial charge in [0, 0.05) is 48.7 Å². The fraction of sp³-hybridized carbons (Fsp3) is 0.526. The minimum Gasteiger partial charge on any atom is -0.497 e. The number of fused-ring (bicyclic) bond motifs is 5. The molecule has 0 saturated carbocycles. The lowest BCUT2D eigenvalue weighted by Crippen LogP contribution is -2.43. The van der Waals surface area contributed by atoms with Crippen LogP contribution in [0.25, 0.3) is 10.9 Å². The highest BCUT2D eigenvalue weighted by molar-refractivity contribution is 5.80. The number of likely N-dealkylation sites (N-methyl/N-ethyl adjacent to an activating group) is 1. The number of piperidine rings is 1. The molecule has 3 saturated heterocycles.